The molecule has 1 aliphatic carbocycles. The number of ether oxygens (including phenoxy) is 2. The average molecular weight is 368 g/mol. The molecule has 2 aromatic rings. The van der Waals surface area contributed by atoms with E-state index in [0.29, 0.717) is 25.5 Å². The van der Waals surface area contributed by atoms with Crippen molar-refractivity contribution >= 4 is 11.5 Å². The Morgan fingerprint density at radius 2 is 1.96 bits per heavy atom. The van der Waals surface area contributed by atoms with E-state index in [1.807, 2.05) is 13.0 Å². The van der Waals surface area contributed by atoms with E-state index in [4.69, 9.17) is 9.47 Å². The summed E-state index contributed by atoms with van der Waals surface area (Å²) in [6, 6.07) is 5.26. The third-order valence-electron chi connectivity index (χ3n) is 5.36. The van der Waals surface area contributed by atoms with Crippen LogP contribution in [0.2, 0.25) is 0 Å². The highest BCUT2D eigenvalue weighted by Gasteiger charge is 2.41. The van der Waals surface area contributed by atoms with Crippen molar-refractivity contribution in [2.75, 3.05) is 31.2 Å². The van der Waals surface area contributed by atoms with Crippen LogP contribution in [0.4, 0.5) is 10.2 Å². The number of morpholine rings is 1. The number of hydrogen-bond donors (Lipinski definition) is 0. The Morgan fingerprint density at radius 3 is 2.74 bits per heavy atom. The second-order valence-corrected chi connectivity index (χ2v) is 7.52. The molecule has 0 bridgehead atoms. The molecule has 2 aliphatic heterocycles. The van der Waals surface area contributed by atoms with E-state index < -0.39 is 0 Å². The summed E-state index contributed by atoms with van der Waals surface area (Å²) in [5.74, 6) is 0.837. The molecule has 7 heteroatoms. The number of anilines is 1. The zero-order valence-electron chi connectivity index (χ0n) is 15.2. The maximum Gasteiger partial charge on any atom is 0.165 e. The van der Waals surface area contributed by atoms with Crippen LogP contribution >= 0.6 is 0 Å². The average Bonchev–Trinajstić information content (AvgIpc) is 3.28. The molecule has 2 fully saturated rings. The van der Waals surface area contributed by atoms with Crippen molar-refractivity contribution < 1.29 is 13.9 Å². The van der Waals surface area contributed by atoms with Crippen LogP contribution in [0.3, 0.4) is 0 Å². The molecule has 1 saturated heterocycles. The van der Waals surface area contributed by atoms with Gasteiger partial charge in [-0.3, -0.25) is 4.99 Å². The Bertz CT molecular complexity index is 920. The van der Waals surface area contributed by atoms with Crippen LogP contribution in [-0.4, -0.2) is 47.6 Å². The quantitative estimate of drug-likeness (QED) is 0.831. The van der Waals surface area contributed by atoms with Crippen LogP contribution in [-0.2, 0) is 11.3 Å². The van der Waals surface area contributed by atoms with Gasteiger partial charge in [0.25, 0.3) is 0 Å². The van der Waals surface area contributed by atoms with Gasteiger partial charge in [-0.05, 0) is 37.5 Å². The van der Waals surface area contributed by atoms with Gasteiger partial charge in [-0.2, -0.15) is 0 Å². The van der Waals surface area contributed by atoms with Gasteiger partial charge in [-0.25, -0.2) is 14.4 Å². The van der Waals surface area contributed by atoms with Crippen molar-refractivity contribution in [3.8, 4) is 5.75 Å². The Morgan fingerprint density at radius 1 is 1.15 bits per heavy atom. The fraction of sp³-hybridized carbons (Fsp3) is 0.450. The van der Waals surface area contributed by atoms with Crippen molar-refractivity contribution in [3.63, 3.8) is 0 Å². The van der Waals surface area contributed by atoms with Crippen molar-refractivity contribution in [1.29, 1.82) is 0 Å². The molecule has 0 atom stereocenters. The fourth-order valence-electron chi connectivity index (χ4n) is 3.48. The summed E-state index contributed by atoms with van der Waals surface area (Å²) in [6.07, 6.45) is 3.48. The van der Waals surface area contributed by atoms with Gasteiger partial charge in [0.2, 0.25) is 0 Å². The first kappa shape index (κ1) is 16.6. The monoisotopic (exact) mass is 368 g/mol. The minimum Gasteiger partial charge on any atom is -0.484 e. The van der Waals surface area contributed by atoms with Crippen LogP contribution < -0.4 is 9.64 Å². The first-order valence-corrected chi connectivity index (χ1v) is 9.33. The summed E-state index contributed by atoms with van der Waals surface area (Å²) in [4.78, 5) is 15.6. The van der Waals surface area contributed by atoms with E-state index >= 15 is 0 Å². The SMILES string of the molecule is CC1(Oc2cc3c(cc2F)CN=C3c2cc(N3CCOCC3)ncn2)CC1. The second kappa shape index (κ2) is 6.27. The molecule has 0 amide bonds. The lowest BCUT2D eigenvalue weighted by Gasteiger charge is -2.27. The summed E-state index contributed by atoms with van der Waals surface area (Å²) < 4.78 is 25.7. The topological polar surface area (TPSA) is 59.8 Å². The molecule has 0 spiro atoms. The van der Waals surface area contributed by atoms with Crippen molar-refractivity contribution in [1.82, 2.24) is 9.97 Å². The molecule has 5 rings (SSSR count). The highest BCUT2D eigenvalue weighted by Crippen LogP contribution is 2.41. The largest absolute Gasteiger partial charge is 0.484 e. The Balaban J connectivity index is 1.47. The Hall–Kier alpha value is -2.54. The summed E-state index contributed by atoms with van der Waals surface area (Å²) in [7, 11) is 0. The lowest BCUT2D eigenvalue weighted by atomic mass is 10.0. The Kier molecular flexibility index (Phi) is 3.86. The molecule has 3 aliphatic rings. The molecule has 3 heterocycles. The van der Waals surface area contributed by atoms with Crippen LogP contribution in [0.15, 0.2) is 29.5 Å². The van der Waals surface area contributed by atoms with Crippen LogP contribution in [0.5, 0.6) is 5.75 Å². The van der Waals surface area contributed by atoms with E-state index in [0.717, 1.165) is 54.3 Å². The normalized spacial score (nSPS) is 20.2. The summed E-state index contributed by atoms with van der Waals surface area (Å²) in [5.41, 5.74) is 3.04. The minimum absolute atomic E-state index is 0.233. The molecule has 6 nitrogen and oxygen atoms in total. The number of benzene rings is 1. The molecule has 1 saturated carbocycles. The Labute approximate surface area is 157 Å². The molecular formula is C20H21FN4O2. The van der Waals surface area contributed by atoms with E-state index in [1.54, 1.807) is 12.4 Å². The number of aliphatic imine (C=N–C) groups is 1. The van der Waals surface area contributed by atoms with Crippen LogP contribution in [0.1, 0.15) is 36.6 Å². The maximum atomic E-state index is 14.4. The van der Waals surface area contributed by atoms with E-state index in [9.17, 15) is 4.39 Å². The first-order chi connectivity index (χ1) is 13.1. The third kappa shape index (κ3) is 3.16. The van der Waals surface area contributed by atoms with Gasteiger partial charge >= 0.3 is 0 Å². The van der Waals surface area contributed by atoms with Gasteiger partial charge in [0.05, 0.1) is 31.2 Å². The number of aromatic nitrogens is 2. The van der Waals surface area contributed by atoms with Crippen molar-refractivity contribution in [2.24, 2.45) is 4.99 Å². The van der Waals surface area contributed by atoms with Crippen molar-refractivity contribution in [2.45, 2.75) is 31.9 Å². The molecule has 0 radical (unpaired) electrons. The van der Waals surface area contributed by atoms with Gasteiger partial charge in [-0.1, -0.05) is 0 Å². The van der Waals surface area contributed by atoms with Crippen LogP contribution in [0, 0.1) is 5.82 Å². The summed E-state index contributed by atoms with van der Waals surface area (Å²) in [6.45, 7) is 5.47. The van der Waals surface area contributed by atoms with Gasteiger partial charge in [0, 0.05) is 24.7 Å². The lowest BCUT2D eigenvalue weighted by Crippen LogP contribution is -2.36. The number of halogens is 1. The number of fused-ring (bicyclic) bond motifs is 1. The van der Waals surface area contributed by atoms with Gasteiger partial charge < -0.3 is 14.4 Å². The van der Waals surface area contributed by atoms with E-state index in [2.05, 4.69) is 19.9 Å². The maximum absolute atomic E-state index is 14.4. The molecule has 1 aromatic heterocycles. The van der Waals surface area contributed by atoms with Crippen molar-refractivity contribution in [3.05, 3.63) is 47.2 Å². The summed E-state index contributed by atoms with van der Waals surface area (Å²) >= 11 is 0. The molecule has 27 heavy (non-hydrogen) atoms. The number of nitrogens with zero attached hydrogens (tertiary/aromatic N) is 4. The van der Waals surface area contributed by atoms with Crippen LogP contribution in [0.25, 0.3) is 0 Å². The minimum atomic E-state index is -0.324. The standard InChI is InChI=1S/C20H21FN4O2/c1-20(2-3-20)27-17-9-14-13(8-15(17)21)11-22-19(14)16-10-18(24-12-23-16)25-4-6-26-7-5-25/h8-10,12H,2-7,11H2,1H3. The molecule has 0 N–H and O–H groups in total. The number of hydrogen-bond acceptors (Lipinski definition) is 6. The highest BCUT2D eigenvalue weighted by atomic mass is 19.1. The molecule has 1 aromatic carbocycles. The van der Waals surface area contributed by atoms with Gasteiger partial charge in [0.1, 0.15) is 17.7 Å². The molecule has 140 valence electrons. The predicted octanol–water partition coefficient (Wildman–Crippen LogP) is 2.73. The zero-order chi connectivity index (χ0) is 18.4. The lowest BCUT2D eigenvalue weighted by molar-refractivity contribution is 0.122. The predicted molar refractivity (Wildman–Crippen MR) is 99.1 cm³/mol. The second-order valence-electron chi connectivity index (χ2n) is 7.52. The first-order valence-electron chi connectivity index (χ1n) is 9.33. The molecule has 0 unspecified atom stereocenters. The van der Waals surface area contributed by atoms with Gasteiger partial charge in [-0.15, -0.1) is 0 Å². The smallest absolute Gasteiger partial charge is 0.165 e. The fourth-order valence-corrected chi connectivity index (χ4v) is 3.48. The summed E-state index contributed by atoms with van der Waals surface area (Å²) in [5, 5.41) is 0. The zero-order valence-corrected chi connectivity index (χ0v) is 15.2. The highest BCUT2D eigenvalue weighted by molar-refractivity contribution is 6.14. The molecular weight excluding hydrogens is 347 g/mol. The van der Waals surface area contributed by atoms with Gasteiger partial charge in [0.15, 0.2) is 11.6 Å². The third-order valence-corrected chi connectivity index (χ3v) is 5.36. The van der Waals surface area contributed by atoms with E-state index in [-0.39, 0.29) is 11.4 Å². The van der Waals surface area contributed by atoms with E-state index in [1.165, 1.54) is 6.07 Å². The number of rotatable bonds is 4.